The molecule has 2 unspecified atom stereocenters. The first kappa shape index (κ1) is 24.8. The number of nitroso groups, excluding NO2 is 2. The van der Waals surface area contributed by atoms with Crippen molar-refractivity contribution in [3.05, 3.63) is 141 Å². The van der Waals surface area contributed by atoms with E-state index in [1.807, 2.05) is 109 Å². The lowest BCUT2D eigenvalue weighted by molar-refractivity contribution is 0.266. The molecule has 0 aromatic heterocycles. The molecule has 0 N–H and O–H groups in total. The first-order valence-electron chi connectivity index (χ1n) is 12.0. The standard InChI is InChI=1S/C30H28N2O4/c33-31-29(23-9-3-1-4-10-23)25-13-17-27(18-14-25)35-21-7-8-22-36-28-19-15-26(16-20-28)30(32-34)24-11-5-2-6-12-24/h1-6,9-20,29-30H,7-8,21-22H2. The molecule has 0 spiro atoms. The molecule has 0 heterocycles. The van der Waals surface area contributed by atoms with Crippen LogP contribution in [0.2, 0.25) is 0 Å². The number of benzene rings is 4. The van der Waals surface area contributed by atoms with E-state index in [0.717, 1.165) is 46.6 Å². The fourth-order valence-corrected chi connectivity index (χ4v) is 3.98. The van der Waals surface area contributed by atoms with Crippen LogP contribution in [0.1, 0.15) is 47.2 Å². The van der Waals surface area contributed by atoms with Gasteiger partial charge in [-0.3, -0.25) is 0 Å². The lowest BCUT2D eigenvalue weighted by Crippen LogP contribution is -2.03. The van der Waals surface area contributed by atoms with Gasteiger partial charge in [0.25, 0.3) is 0 Å². The molecule has 0 radical (unpaired) electrons. The molecule has 6 heteroatoms. The van der Waals surface area contributed by atoms with Crippen molar-refractivity contribution >= 4 is 0 Å². The predicted molar refractivity (Wildman–Crippen MR) is 141 cm³/mol. The van der Waals surface area contributed by atoms with Crippen LogP contribution in [0.4, 0.5) is 0 Å². The van der Waals surface area contributed by atoms with E-state index in [1.165, 1.54) is 0 Å². The third-order valence-electron chi connectivity index (χ3n) is 5.91. The van der Waals surface area contributed by atoms with Crippen LogP contribution in [0.5, 0.6) is 11.5 Å². The summed E-state index contributed by atoms with van der Waals surface area (Å²) in [6.07, 6.45) is 1.68. The highest BCUT2D eigenvalue weighted by molar-refractivity contribution is 5.36. The SMILES string of the molecule is O=NC(c1ccccc1)c1ccc(OCCCCOc2ccc(C(N=O)c3ccccc3)cc2)cc1. The second-order valence-corrected chi connectivity index (χ2v) is 8.38. The zero-order chi connectivity index (χ0) is 25.0. The molecule has 0 bridgehead atoms. The number of rotatable bonds is 13. The molecular weight excluding hydrogens is 452 g/mol. The Kier molecular flexibility index (Phi) is 8.92. The molecule has 2 atom stereocenters. The monoisotopic (exact) mass is 480 g/mol. The van der Waals surface area contributed by atoms with Crippen LogP contribution in [-0.2, 0) is 0 Å². The first-order chi connectivity index (χ1) is 17.8. The summed E-state index contributed by atoms with van der Waals surface area (Å²) in [6.45, 7) is 1.14. The average molecular weight is 481 g/mol. The maximum Gasteiger partial charge on any atom is 0.142 e. The predicted octanol–water partition coefficient (Wildman–Crippen LogP) is 7.64. The number of unbranched alkanes of at least 4 members (excludes halogenated alkanes) is 1. The maximum atomic E-state index is 11.4. The minimum Gasteiger partial charge on any atom is -0.494 e. The molecule has 4 aromatic rings. The molecule has 0 aliphatic rings. The van der Waals surface area contributed by atoms with Gasteiger partial charge in [0.2, 0.25) is 0 Å². The van der Waals surface area contributed by atoms with Crippen molar-refractivity contribution in [2.45, 2.75) is 24.9 Å². The third-order valence-corrected chi connectivity index (χ3v) is 5.91. The summed E-state index contributed by atoms with van der Waals surface area (Å²) in [6, 6.07) is 33.0. The Hall–Kier alpha value is -4.32. The minimum atomic E-state index is -0.523. The van der Waals surface area contributed by atoms with Crippen LogP contribution in [-0.4, -0.2) is 13.2 Å². The Morgan fingerprint density at radius 2 is 0.806 bits per heavy atom. The second-order valence-electron chi connectivity index (χ2n) is 8.38. The summed E-state index contributed by atoms with van der Waals surface area (Å²) < 4.78 is 11.6. The third kappa shape index (κ3) is 6.63. The summed E-state index contributed by atoms with van der Waals surface area (Å²) in [5, 5.41) is 6.57. The van der Waals surface area contributed by atoms with Crippen LogP contribution < -0.4 is 9.47 Å². The highest BCUT2D eigenvalue weighted by atomic mass is 16.5. The molecule has 182 valence electrons. The average Bonchev–Trinajstić information content (AvgIpc) is 2.94. The van der Waals surface area contributed by atoms with Crippen molar-refractivity contribution in [2.75, 3.05) is 13.2 Å². The van der Waals surface area contributed by atoms with Gasteiger partial charge in [-0.15, -0.1) is 9.81 Å². The van der Waals surface area contributed by atoms with Crippen molar-refractivity contribution in [1.82, 2.24) is 0 Å². The van der Waals surface area contributed by atoms with Gasteiger partial charge in [-0.2, -0.15) is 0 Å². The molecule has 0 aliphatic heterocycles. The van der Waals surface area contributed by atoms with Gasteiger partial charge in [0.15, 0.2) is 0 Å². The highest BCUT2D eigenvalue weighted by Gasteiger charge is 2.15. The van der Waals surface area contributed by atoms with E-state index in [-0.39, 0.29) is 0 Å². The normalized spacial score (nSPS) is 12.3. The summed E-state index contributed by atoms with van der Waals surface area (Å²) >= 11 is 0. The van der Waals surface area contributed by atoms with E-state index >= 15 is 0 Å². The van der Waals surface area contributed by atoms with E-state index in [1.54, 1.807) is 0 Å². The van der Waals surface area contributed by atoms with Crippen LogP contribution >= 0.6 is 0 Å². The summed E-state index contributed by atoms with van der Waals surface area (Å²) in [7, 11) is 0. The van der Waals surface area contributed by atoms with Gasteiger partial charge in [-0.05, 0) is 59.4 Å². The van der Waals surface area contributed by atoms with Gasteiger partial charge in [-0.25, -0.2) is 0 Å². The molecule has 0 amide bonds. The Labute approximate surface area is 210 Å². The van der Waals surface area contributed by atoms with Crippen molar-refractivity contribution in [1.29, 1.82) is 0 Å². The van der Waals surface area contributed by atoms with Crippen molar-refractivity contribution < 1.29 is 9.47 Å². The smallest absolute Gasteiger partial charge is 0.142 e. The topological polar surface area (TPSA) is 77.3 Å². The van der Waals surface area contributed by atoms with Crippen LogP contribution in [0.15, 0.2) is 120 Å². The summed E-state index contributed by atoms with van der Waals surface area (Å²) in [5.41, 5.74) is 3.41. The van der Waals surface area contributed by atoms with E-state index < -0.39 is 12.1 Å². The van der Waals surface area contributed by atoms with Gasteiger partial charge < -0.3 is 9.47 Å². The Morgan fingerprint density at radius 1 is 0.472 bits per heavy atom. The maximum absolute atomic E-state index is 11.4. The lowest BCUT2D eigenvalue weighted by Gasteiger charge is -2.12. The second kappa shape index (κ2) is 13.0. The zero-order valence-electron chi connectivity index (χ0n) is 19.9. The minimum absolute atomic E-state index is 0.523. The molecule has 4 rings (SSSR count). The Bertz CT molecular complexity index is 1110. The molecule has 0 saturated heterocycles. The molecule has 6 nitrogen and oxygen atoms in total. The van der Waals surface area contributed by atoms with Gasteiger partial charge in [0.1, 0.15) is 23.6 Å². The van der Waals surface area contributed by atoms with Crippen LogP contribution in [0, 0.1) is 9.81 Å². The van der Waals surface area contributed by atoms with Crippen molar-refractivity contribution in [2.24, 2.45) is 10.4 Å². The Morgan fingerprint density at radius 3 is 1.14 bits per heavy atom. The quantitative estimate of drug-likeness (QED) is 0.146. The fraction of sp³-hybridized carbons (Fsp3) is 0.200. The van der Waals surface area contributed by atoms with E-state index in [2.05, 4.69) is 10.4 Å². The number of ether oxygens (including phenoxy) is 2. The molecule has 0 fully saturated rings. The van der Waals surface area contributed by atoms with Gasteiger partial charge in [0, 0.05) is 0 Å². The number of hydrogen-bond donors (Lipinski definition) is 0. The largest absolute Gasteiger partial charge is 0.494 e. The van der Waals surface area contributed by atoms with E-state index in [9.17, 15) is 9.81 Å². The van der Waals surface area contributed by atoms with Gasteiger partial charge in [-0.1, -0.05) is 95.3 Å². The molecule has 4 aromatic carbocycles. The number of nitrogens with zero attached hydrogens (tertiary/aromatic N) is 2. The molecule has 0 saturated carbocycles. The van der Waals surface area contributed by atoms with Crippen molar-refractivity contribution in [3.63, 3.8) is 0 Å². The van der Waals surface area contributed by atoms with Crippen LogP contribution in [0.3, 0.4) is 0 Å². The first-order valence-corrected chi connectivity index (χ1v) is 12.0. The van der Waals surface area contributed by atoms with Crippen LogP contribution in [0.25, 0.3) is 0 Å². The molecular formula is C30H28N2O4. The summed E-state index contributed by atoms with van der Waals surface area (Å²) in [4.78, 5) is 22.8. The highest BCUT2D eigenvalue weighted by Crippen LogP contribution is 2.28. The van der Waals surface area contributed by atoms with E-state index in [0.29, 0.717) is 13.2 Å². The van der Waals surface area contributed by atoms with Gasteiger partial charge >= 0.3 is 0 Å². The van der Waals surface area contributed by atoms with Gasteiger partial charge in [0.05, 0.1) is 13.2 Å². The fourth-order valence-electron chi connectivity index (χ4n) is 3.98. The Balaban J connectivity index is 1.18. The van der Waals surface area contributed by atoms with E-state index in [4.69, 9.17) is 9.47 Å². The molecule has 0 aliphatic carbocycles. The molecule has 36 heavy (non-hydrogen) atoms. The number of hydrogen-bond acceptors (Lipinski definition) is 6. The lowest BCUT2D eigenvalue weighted by atomic mass is 10.00. The zero-order valence-corrected chi connectivity index (χ0v) is 19.9. The van der Waals surface area contributed by atoms with Crippen molar-refractivity contribution in [3.8, 4) is 11.5 Å². The summed E-state index contributed by atoms with van der Waals surface area (Å²) in [5.74, 6) is 1.51.